The molecule has 0 bridgehead atoms. The summed E-state index contributed by atoms with van der Waals surface area (Å²) in [6.45, 7) is 4.40. The van der Waals surface area contributed by atoms with E-state index in [4.69, 9.17) is 4.98 Å². The van der Waals surface area contributed by atoms with E-state index in [1.54, 1.807) is 0 Å². The molecule has 0 amide bonds. The van der Waals surface area contributed by atoms with Gasteiger partial charge in [-0.05, 0) is 46.7 Å². The Bertz CT molecular complexity index is 1150. The highest BCUT2D eigenvalue weighted by molar-refractivity contribution is 7.89. The third kappa shape index (κ3) is 5.04. The van der Waals surface area contributed by atoms with Crippen LogP contribution in [-0.2, 0) is 10.0 Å². The first-order valence-corrected chi connectivity index (χ1v) is 11.4. The van der Waals surface area contributed by atoms with E-state index < -0.39 is 10.0 Å². The number of hydrogen-bond acceptors (Lipinski definition) is 7. The van der Waals surface area contributed by atoms with Crippen molar-refractivity contribution in [2.75, 3.05) is 59.7 Å². The lowest BCUT2D eigenvalue weighted by molar-refractivity contribution is 0.412. The molecular formula is C21H30N6O2S. The summed E-state index contributed by atoms with van der Waals surface area (Å²) < 4.78 is 28.7. The topological polar surface area (TPSA) is 90.5 Å². The molecule has 1 aromatic carbocycles. The number of fused-ring (bicyclic) bond motifs is 2. The highest BCUT2D eigenvalue weighted by Gasteiger charge is 2.21. The molecule has 0 aliphatic rings. The van der Waals surface area contributed by atoms with Crippen LogP contribution in [0, 0.1) is 6.92 Å². The lowest BCUT2D eigenvalue weighted by Crippen LogP contribution is -2.31. The van der Waals surface area contributed by atoms with Crippen LogP contribution in [0.25, 0.3) is 21.8 Å². The van der Waals surface area contributed by atoms with Gasteiger partial charge in [0.25, 0.3) is 0 Å². The molecule has 2 heterocycles. The molecule has 0 aliphatic heterocycles. The van der Waals surface area contributed by atoms with E-state index in [1.807, 2.05) is 64.3 Å². The van der Waals surface area contributed by atoms with E-state index >= 15 is 0 Å². The largest absolute Gasteiger partial charge is 0.368 e. The number of rotatable bonds is 9. The van der Waals surface area contributed by atoms with Gasteiger partial charge in [-0.2, -0.15) is 0 Å². The van der Waals surface area contributed by atoms with Crippen LogP contribution in [0.2, 0.25) is 0 Å². The number of hydrogen-bond donors (Lipinski definition) is 2. The number of sulfonamides is 1. The zero-order chi connectivity index (χ0) is 21.9. The summed E-state index contributed by atoms with van der Waals surface area (Å²) >= 11 is 0. The van der Waals surface area contributed by atoms with Crippen LogP contribution >= 0.6 is 0 Å². The number of aryl methyl sites for hydroxylation is 1. The number of para-hydroxylation sites is 1. The van der Waals surface area contributed by atoms with E-state index in [1.165, 1.54) is 6.20 Å². The minimum Gasteiger partial charge on any atom is -0.368 e. The Hall–Kier alpha value is -2.33. The monoisotopic (exact) mass is 430 g/mol. The summed E-state index contributed by atoms with van der Waals surface area (Å²) in [5.74, 6) is 0.634. The minimum atomic E-state index is -3.75. The fourth-order valence-electron chi connectivity index (χ4n) is 3.19. The van der Waals surface area contributed by atoms with Crippen molar-refractivity contribution in [3.8, 4) is 0 Å². The van der Waals surface area contributed by atoms with Crippen molar-refractivity contribution in [2.24, 2.45) is 0 Å². The average Bonchev–Trinajstić information content (AvgIpc) is 2.66. The van der Waals surface area contributed by atoms with Crippen LogP contribution in [0.3, 0.4) is 0 Å². The second-order valence-corrected chi connectivity index (χ2v) is 9.67. The van der Waals surface area contributed by atoms with E-state index in [0.717, 1.165) is 23.0 Å². The maximum absolute atomic E-state index is 13.0. The number of anilines is 1. The predicted octanol–water partition coefficient (Wildman–Crippen LogP) is 1.90. The molecule has 8 nitrogen and oxygen atoms in total. The van der Waals surface area contributed by atoms with Gasteiger partial charge in [-0.15, -0.1) is 0 Å². The number of nitrogens with zero attached hydrogens (tertiary/aromatic N) is 4. The van der Waals surface area contributed by atoms with Gasteiger partial charge in [0, 0.05) is 37.0 Å². The molecule has 0 aliphatic carbocycles. The van der Waals surface area contributed by atoms with Crippen LogP contribution in [0.1, 0.15) is 5.56 Å². The molecular weight excluding hydrogens is 400 g/mol. The van der Waals surface area contributed by atoms with E-state index in [0.29, 0.717) is 36.4 Å². The van der Waals surface area contributed by atoms with Crippen LogP contribution in [0.5, 0.6) is 0 Å². The maximum atomic E-state index is 13.0. The van der Waals surface area contributed by atoms with Crippen molar-refractivity contribution < 1.29 is 8.42 Å². The Morgan fingerprint density at radius 1 is 1.00 bits per heavy atom. The average molecular weight is 431 g/mol. The summed E-state index contributed by atoms with van der Waals surface area (Å²) in [5.41, 5.74) is 2.22. The second kappa shape index (κ2) is 9.22. The number of aromatic nitrogens is 2. The van der Waals surface area contributed by atoms with Gasteiger partial charge in [0.1, 0.15) is 10.7 Å². The van der Waals surface area contributed by atoms with E-state index in [-0.39, 0.29) is 4.90 Å². The Morgan fingerprint density at radius 2 is 1.70 bits per heavy atom. The zero-order valence-electron chi connectivity index (χ0n) is 18.2. The summed E-state index contributed by atoms with van der Waals surface area (Å²) in [6.07, 6.45) is 1.40. The molecule has 162 valence electrons. The van der Waals surface area contributed by atoms with Crippen molar-refractivity contribution >= 4 is 37.6 Å². The predicted molar refractivity (Wildman–Crippen MR) is 123 cm³/mol. The van der Waals surface area contributed by atoms with Gasteiger partial charge in [-0.1, -0.05) is 18.2 Å². The van der Waals surface area contributed by atoms with Crippen molar-refractivity contribution in [1.29, 1.82) is 0 Å². The molecule has 0 atom stereocenters. The van der Waals surface area contributed by atoms with Crippen LogP contribution in [-0.4, -0.2) is 82.6 Å². The fraction of sp³-hybridized carbons (Fsp3) is 0.429. The van der Waals surface area contributed by atoms with Crippen LogP contribution < -0.4 is 10.0 Å². The molecule has 2 N–H and O–H groups in total. The molecule has 3 aromatic rings. The van der Waals surface area contributed by atoms with Crippen molar-refractivity contribution in [3.05, 3.63) is 36.0 Å². The van der Waals surface area contributed by atoms with Gasteiger partial charge in [0.2, 0.25) is 10.0 Å². The molecule has 0 radical (unpaired) electrons. The minimum absolute atomic E-state index is 0.0968. The summed E-state index contributed by atoms with van der Waals surface area (Å²) in [5, 5.41) is 4.97. The zero-order valence-corrected chi connectivity index (χ0v) is 19.0. The van der Waals surface area contributed by atoms with Gasteiger partial charge >= 0.3 is 0 Å². The Balaban J connectivity index is 2.12. The summed E-state index contributed by atoms with van der Waals surface area (Å²) in [7, 11) is 4.05. The van der Waals surface area contributed by atoms with Gasteiger partial charge in [0.05, 0.1) is 17.2 Å². The Kier molecular flexibility index (Phi) is 6.87. The van der Waals surface area contributed by atoms with Crippen LogP contribution in [0.15, 0.2) is 35.4 Å². The van der Waals surface area contributed by atoms with E-state index in [9.17, 15) is 8.42 Å². The lowest BCUT2D eigenvalue weighted by Gasteiger charge is -2.16. The molecule has 0 spiro atoms. The lowest BCUT2D eigenvalue weighted by atomic mass is 10.1. The molecule has 2 aromatic heterocycles. The third-order valence-corrected chi connectivity index (χ3v) is 6.30. The van der Waals surface area contributed by atoms with E-state index in [2.05, 4.69) is 19.9 Å². The first-order chi connectivity index (χ1) is 14.2. The summed E-state index contributed by atoms with van der Waals surface area (Å²) in [4.78, 5) is 13.3. The highest BCUT2D eigenvalue weighted by Crippen LogP contribution is 2.30. The van der Waals surface area contributed by atoms with Gasteiger partial charge in [0.15, 0.2) is 0 Å². The Labute approximate surface area is 178 Å². The molecule has 9 heteroatoms. The molecule has 0 saturated heterocycles. The fourth-order valence-corrected chi connectivity index (χ4v) is 4.30. The Morgan fingerprint density at radius 3 is 2.40 bits per heavy atom. The number of benzene rings is 1. The van der Waals surface area contributed by atoms with Crippen molar-refractivity contribution in [1.82, 2.24) is 24.5 Å². The number of nitrogens with one attached hydrogen (secondary N) is 2. The molecule has 30 heavy (non-hydrogen) atoms. The van der Waals surface area contributed by atoms with Crippen molar-refractivity contribution in [3.63, 3.8) is 0 Å². The molecule has 0 unspecified atom stereocenters. The third-order valence-electron chi connectivity index (χ3n) is 4.84. The second-order valence-electron chi connectivity index (χ2n) is 7.93. The normalized spacial score (nSPS) is 12.4. The standard InChI is InChI=1S/C21H30N6O2S/c1-15-7-6-8-16-13-17-20(25-19(15)16)18(30(28,29)24-10-12-27(4)5)14-23-21(17)22-9-11-26(2)3/h6-8,13-14,24H,9-12H2,1-5H3,(H,22,23). The first kappa shape index (κ1) is 22.4. The summed E-state index contributed by atoms with van der Waals surface area (Å²) in [6, 6.07) is 7.90. The molecule has 0 fully saturated rings. The smallest absolute Gasteiger partial charge is 0.244 e. The van der Waals surface area contributed by atoms with Crippen LogP contribution in [0.4, 0.5) is 5.82 Å². The number of likely N-dealkylation sites (N-methyl/N-ethyl adjacent to an activating group) is 2. The maximum Gasteiger partial charge on any atom is 0.244 e. The van der Waals surface area contributed by atoms with Crippen molar-refractivity contribution in [2.45, 2.75) is 11.8 Å². The SMILES string of the molecule is Cc1cccc2cc3c(NCCN(C)C)ncc(S(=O)(=O)NCCN(C)C)c3nc12. The van der Waals surface area contributed by atoms with Gasteiger partial charge < -0.3 is 15.1 Å². The first-order valence-electron chi connectivity index (χ1n) is 9.91. The van der Waals surface area contributed by atoms with Gasteiger partial charge in [-0.25, -0.2) is 23.1 Å². The highest BCUT2D eigenvalue weighted by atomic mass is 32.2. The quantitative estimate of drug-likeness (QED) is 0.501. The molecule has 0 saturated carbocycles. The molecule has 3 rings (SSSR count). The number of pyridine rings is 2. The van der Waals surface area contributed by atoms with Gasteiger partial charge in [-0.3, -0.25) is 0 Å².